The number of furan rings is 1. The normalized spacial score (nSPS) is 10.3. The lowest BCUT2D eigenvalue weighted by molar-refractivity contribution is 0.537. The SMILES string of the molecule is Cc1ccoc1-n1cccc1. The third kappa shape index (κ3) is 0.963. The summed E-state index contributed by atoms with van der Waals surface area (Å²) in [7, 11) is 0. The Bertz CT molecular complexity index is 332. The van der Waals surface area contributed by atoms with E-state index in [0.717, 1.165) is 11.4 Å². The predicted octanol–water partition coefficient (Wildman–Crippen LogP) is 2.38. The van der Waals surface area contributed by atoms with Gasteiger partial charge in [-0.2, -0.15) is 0 Å². The first kappa shape index (κ1) is 6.28. The van der Waals surface area contributed by atoms with E-state index in [1.807, 2.05) is 42.1 Å². The van der Waals surface area contributed by atoms with Gasteiger partial charge in [0.25, 0.3) is 0 Å². The van der Waals surface area contributed by atoms with E-state index in [1.54, 1.807) is 6.26 Å². The van der Waals surface area contributed by atoms with Gasteiger partial charge in [-0.25, -0.2) is 0 Å². The zero-order valence-electron chi connectivity index (χ0n) is 6.32. The zero-order valence-corrected chi connectivity index (χ0v) is 6.32. The molecule has 2 heteroatoms. The van der Waals surface area contributed by atoms with E-state index in [0.29, 0.717) is 0 Å². The fraction of sp³-hybridized carbons (Fsp3) is 0.111. The van der Waals surface area contributed by atoms with Crippen LogP contribution in [0.15, 0.2) is 41.3 Å². The smallest absolute Gasteiger partial charge is 0.206 e. The number of hydrogen-bond donors (Lipinski definition) is 0. The summed E-state index contributed by atoms with van der Waals surface area (Å²) in [5.74, 6) is 0.898. The molecule has 2 rings (SSSR count). The van der Waals surface area contributed by atoms with E-state index in [1.165, 1.54) is 0 Å². The molecule has 0 aliphatic rings. The summed E-state index contributed by atoms with van der Waals surface area (Å²) in [6.45, 7) is 2.03. The molecule has 56 valence electrons. The van der Waals surface area contributed by atoms with Crippen LogP contribution < -0.4 is 0 Å². The second-order valence-corrected chi connectivity index (χ2v) is 2.50. The maximum Gasteiger partial charge on any atom is 0.206 e. The Balaban J connectivity index is 2.53. The van der Waals surface area contributed by atoms with E-state index >= 15 is 0 Å². The molecule has 0 saturated carbocycles. The number of aryl methyl sites for hydroxylation is 1. The first-order valence-corrected chi connectivity index (χ1v) is 3.55. The van der Waals surface area contributed by atoms with Gasteiger partial charge in [-0.1, -0.05) is 0 Å². The highest BCUT2D eigenvalue weighted by molar-refractivity contribution is 5.29. The minimum absolute atomic E-state index is 0.898. The van der Waals surface area contributed by atoms with Crippen LogP contribution in [0.2, 0.25) is 0 Å². The molecule has 2 heterocycles. The van der Waals surface area contributed by atoms with Crippen molar-refractivity contribution in [1.82, 2.24) is 4.57 Å². The lowest BCUT2D eigenvalue weighted by Crippen LogP contribution is -1.87. The lowest BCUT2D eigenvalue weighted by Gasteiger charge is -1.97. The maximum atomic E-state index is 5.27. The summed E-state index contributed by atoms with van der Waals surface area (Å²) in [5, 5.41) is 0. The van der Waals surface area contributed by atoms with Crippen LogP contribution in [-0.2, 0) is 0 Å². The summed E-state index contributed by atoms with van der Waals surface area (Å²) in [6.07, 6.45) is 5.63. The van der Waals surface area contributed by atoms with E-state index in [4.69, 9.17) is 4.42 Å². The van der Waals surface area contributed by atoms with Crippen LogP contribution in [0.1, 0.15) is 5.56 Å². The van der Waals surface area contributed by atoms with E-state index in [2.05, 4.69) is 0 Å². The maximum absolute atomic E-state index is 5.27. The molecular formula is C9H9NO. The first-order valence-electron chi connectivity index (χ1n) is 3.55. The second kappa shape index (κ2) is 2.31. The molecule has 0 spiro atoms. The summed E-state index contributed by atoms with van der Waals surface area (Å²) in [6, 6.07) is 5.90. The molecule has 0 aromatic carbocycles. The molecule has 0 saturated heterocycles. The van der Waals surface area contributed by atoms with E-state index in [-0.39, 0.29) is 0 Å². The molecule has 0 radical (unpaired) electrons. The molecule has 0 unspecified atom stereocenters. The molecule has 11 heavy (non-hydrogen) atoms. The molecule has 0 bridgehead atoms. The molecule has 0 N–H and O–H groups in total. The monoisotopic (exact) mass is 147 g/mol. The average Bonchev–Trinajstić information content (AvgIpc) is 2.55. The molecule has 2 aromatic rings. The fourth-order valence-corrected chi connectivity index (χ4v) is 1.10. The van der Waals surface area contributed by atoms with Crippen molar-refractivity contribution in [2.75, 3.05) is 0 Å². The van der Waals surface area contributed by atoms with Crippen molar-refractivity contribution < 1.29 is 4.42 Å². The number of rotatable bonds is 1. The largest absolute Gasteiger partial charge is 0.448 e. The first-order chi connectivity index (χ1) is 5.38. The van der Waals surface area contributed by atoms with E-state index in [9.17, 15) is 0 Å². The van der Waals surface area contributed by atoms with Crippen LogP contribution in [0.3, 0.4) is 0 Å². The van der Waals surface area contributed by atoms with Gasteiger partial charge in [0.2, 0.25) is 5.88 Å². The van der Waals surface area contributed by atoms with Gasteiger partial charge >= 0.3 is 0 Å². The molecule has 2 aromatic heterocycles. The Kier molecular flexibility index (Phi) is 1.32. The molecule has 0 aliphatic carbocycles. The predicted molar refractivity (Wildman–Crippen MR) is 42.8 cm³/mol. The van der Waals surface area contributed by atoms with Crippen LogP contribution in [0.25, 0.3) is 5.88 Å². The molecule has 0 atom stereocenters. The molecule has 2 nitrogen and oxygen atoms in total. The lowest BCUT2D eigenvalue weighted by atomic mass is 10.4. The zero-order chi connectivity index (χ0) is 7.68. The fourth-order valence-electron chi connectivity index (χ4n) is 1.10. The van der Waals surface area contributed by atoms with Gasteiger partial charge in [-0.05, 0) is 25.1 Å². The second-order valence-electron chi connectivity index (χ2n) is 2.50. The Hall–Kier alpha value is -1.44. The van der Waals surface area contributed by atoms with Crippen LogP contribution in [0, 0.1) is 6.92 Å². The number of nitrogens with zero attached hydrogens (tertiary/aromatic N) is 1. The summed E-state index contributed by atoms with van der Waals surface area (Å²) < 4.78 is 7.23. The summed E-state index contributed by atoms with van der Waals surface area (Å²) >= 11 is 0. The highest BCUT2D eigenvalue weighted by Crippen LogP contribution is 2.13. The minimum Gasteiger partial charge on any atom is -0.448 e. The Morgan fingerprint density at radius 2 is 2.00 bits per heavy atom. The van der Waals surface area contributed by atoms with Gasteiger partial charge in [-0.15, -0.1) is 0 Å². The van der Waals surface area contributed by atoms with Crippen molar-refractivity contribution in [2.45, 2.75) is 6.92 Å². The van der Waals surface area contributed by atoms with Crippen LogP contribution >= 0.6 is 0 Å². The van der Waals surface area contributed by atoms with Crippen molar-refractivity contribution in [3.63, 3.8) is 0 Å². The molecule has 0 aliphatic heterocycles. The van der Waals surface area contributed by atoms with Crippen molar-refractivity contribution in [1.29, 1.82) is 0 Å². The van der Waals surface area contributed by atoms with Crippen LogP contribution in [0.5, 0.6) is 0 Å². The van der Waals surface area contributed by atoms with Crippen LogP contribution in [-0.4, -0.2) is 4.57 Å². The van der Waals surface area contributed by atoms with E-state index < -0.39 is 0 Å². The van der Waals surface area contributed by atoms with Crippen molar-refractivity contribution >= 4 is 0 Å². The van der Waals surface area contributed by atoms with Gasteiger partial charge in [0.15, 0.2) is 0 Å². The van der Waals surface area contributed by atoms with Crippen molar-refractivity contribution in [2.24, 2.45) is 0 Å². The quantitative estimate of drug-likeness (QED) is 0.605. The highest BCUT2D eigenvalue weighted by atomic mass is 16.3. The molecular weight excluding hydrogens is 138 g/mol. The standard InChI is InChI=1S/C9H9NO/c1-8-4-7-11-9(8)10-5-2-3-6-10/h2-7H,1H3. The van der Waals surface area contributed by atoms with Gasteiger partial charge in [0.05, 0.1) is 6.26 Å². The molecule has 0 fully saturated rings. The van der Waals surface area contributed by atoms with Gasteiger partial charge in [0, 0.05) is 18.0 Å². The van der Waals surface area contributed by atoms with Crippen molar-refractivity contribution in [3.8, 4) is 5.88 Å². The number of hydrogen-bond acceptors (Lipinski definition) is 1. The summed E-state index contributed by atoms with van der Waals surface area (Å²) in [5.41, 5.74) is 1.15. The third-order valence-electron chi connectivity index (χ3n) is 1.67. The van der Waals surface area contributed by atoms with Crippen molar-refractivity contribution in [3.05, 3.63) is 42.4 Å². The summed E-state index contributed by atoms with van der Waals surface area (Å²) in [4.78, 5) is 0. The average molecular weight is 147 g/mol. The van der Waals surface area contributed by atoms with Gasteiger partial charge < -0.3 is 4.42 Å². The topological polar surface area (TPSA) is 18.1 Å². The molecule has 0 amide bonds. The van der Waals surface area contributed by atoms with Crippen LogP contribution in [0.4, 0.5) is 0 Å². The minimum atomic E-state index is 0.898. The Morgan fingerprint density at radius 3 is 2.55 bits per heavy atom. The highest BCUT2D eigenvalue weighted by Gasteiger charge is 2.00. The Labute approximate surface area is 65.1 Å². The van der Waals surface area contributed by atoms with Gasteiger partial charge in [-0.3, -0.25) is 4.57 Å². The Morgan fingerprint density at radius 1 is 1.27 bits per heavy atom. The third-order valence-corrected chi connectivity index (χ3v) is 1.67. The number of aromatic nitrogens is 1. The van der Waals surface area contributed by atoms with Gasteiger partial charge in [0.1, 0.15) is 0 Å².